The van der Waals surface area contributed by atoms with E-state index in [0.717, 1.165) is 75.6 Å². The van der Waals surface area contributed by atoms with Gasteiger partial charge in [0.2, 0.25) is 0 Å². The van der Waals surface area contributed by atoms with Crippen molar-refractivity contribution in [2.45, 2.75) is 97.6 Å². The van der Waals surface area contributed by atoms with Crippen LogP contribution < -0.4 is 4.90 Å². The van der Waals surface area contributed by atoms with Crippen LogP contribution in [-0.2, 0) is 65.3 Å². The topological polar surface area (TPSA) is 204 Å². The quantitative estimate of drug-likeness (QED) is 0.0128. The van der Waals surface area contributed by atoms with E-state index in [0.29, 0.717) is 53.8 Å². The maximum Gasteiger partial charge on any atom is 2.00 e. The van der Waals surface area contributed by atoms with E-state index in [1.165, 1.54) is 41.3 Å². The number of isothiocyanates is 1. The molecule has 5 heterocycles. The molecule has 20 heteroatoms. The van der Waals surface area contributed by atoms with Crippen LogP contribution in [0.2, 0.25) is 0 Å². The molecule has 2 aromatic carbocycles. The molecule has 2 N–H and O–H groups in total. The second-order valence-electron chi connectivity index (χ2n) is 20.4. The van der Waals surface area contributed by atoms with Gasteiger partial charge < -0.3 is 30.3 Å². The molecule has 7 rings (SSSR count). The number of rotatable bonds is 22. The summed E-state index contributed by atoms with van der Waals surface area (Å²) >= 11 is 5.33. The predicted octanol–water partition coefficient (Wildman–Crippen LogP) is 17.3. The SMILES string of the molecule is CCCCCCc1cc(N(c2ccc(C(C)(C)C)cc2)c2ccc(C(C)(C)C)cc2)sc1-c1ccnc(/C([NH-])=C/C(=N)C(F)(F)F)c1.O=CO/C=C/c1ccnc(-c2cc(/C=C/OC=O)cc(-c3cc(/C=C/OC=O)ccn3)n2)c1.[N-]=C=S.[Ru+2]. The van der Waals surface area contributed by atoms with Crippen LogP contribution in [0, 0.1) is 5.41 Å². The first kappa shape index (κ1) is 68.1. The average molecular weight is 1260 g/mol. The molecule has 14 nitrogen and oxygen atoms in total. The minimum Gasteiger partial charge on any atom is -0.753 e. The van der Waals surface area contributed by atoms with Gasteiger partial charge in [0.1, 0.15) is 10.7 Å². The molecule has 0 aliphatic rings. The zero-order valence-corrected chi connectivity index (χ0v) is 50.7. The van der Waals surface area contributed by atoms with E-state index in [4.69, 9.17) is 16.6 Å². The minimum absolute atomic E-state index is 0. The van der Waals surface area contributed by atoms with Crippen LogP contribution in [-0.4, -0.2) is 56.4 Å². The van der Waals surface area contributed by atoms with Gasteiger partial charge in [-0.15, -0.1) is 17.0 Å². The second kappa shape index (κ2) is 33.0. The van der Waals surface area contributed by atoms with Gasteiger partial charge in [-0.1, -0.05) is 104 Å². The predicted molar refractivity (Wildman–Crippen MR) is 329 cm³/mol. The number of anilines is 3. The average Bonchev–Trinajstić information content (AvgIpc) is 4.13. The Morgan fingerprint density at radius 3 is 1.56 bits per heavy atom. The Kier molecular flexibility index (Phi) is 26.8. The number of alkyl halides is 3. The molecule has 5 aromatic heterocycles. The second-order valence-corrected chi connectivity index (χ2v) is 21.6. The van der Waals surface area contributed by atoms with Crippen LogP contribution in [0.15, 0.2) is 147 Å². The van der Waals surface area contributed by atoms with E-state index in [1.54, 1.807) is 84.4 Å². The number of hydrogen-bond acceptors (Lipinski definition) is 14. The molecule has 0 aliphatic carbocycles. The molecule has 0 atom stereocenters. The molecule has 0 radical (unpaired) electrons. The summed E-state index contributed by atoms with van der Waals surface area (Å²) in [5.74, 6) is 0. The zero-order chi connectivity index (χ0) is 60.6. The molecule has 0 fully saturated rings. The van der Waals surface area contributed by atoms with Crippen LogP contribution in [0.1, 0.15) is 113 Å². The Hall–Kier alpha value is -8.41. The van der Waals surface area contributed by atoms with E-state index < -0.39 is 17.6 Å². The Morgan fingerprint density at radius 2 is 1.12 bits per heavy atom. The largest absolute Gasteiger partial charge is 2.00 e. The maximum absolute atomic E-state index is 13.0. The van der Waals surface area contributed by atoms with Crippen LogP contribution in [0.5, 0.6) is 0 Å². The van der Waals surface area contributed by atoms with Crippen molar-refractivity contribution in [3.05, 3.63) is 197 Å². The van der Waals surface area contributed by atoms with E-state index in [9.17, 15) is 27.6 Å². The Balaban J connectivity index is 0.000000359. The minimum atomic E-state index is -4.82. The summed E-state index contributed by atoms with van der Waals surface area (Å²) in [6, 6.07) is 33.7. The standard InChI is InChI=1S/C39H46F3N4S.C24H17N3O6.CNS.Ru/c1-8-9-10-11-12-26-24-35(47-36(26)27-21-22-45-33(23-27)32(43)25-34(44)39(40,41)42)46(30-17-13-28(14-18-30)37(2,3)4)31-19-15-29(16-20-31)38(5,6)7;28-15-31-8-3-18-1-6-25-21(11-18)23-13-20(5-10-33-17-30)14-24(27-23)22-12-19(2-7-26-22)4-9-32-16-29;2-1-3;/h13-25,43-44H,8-12H2,1-7H3;1-17H;;/q-1;;-1;+2/b32-25-,44-34?;8-3+,9-4+,10-5+;;. The molecule has 84 heavy (non-hydrogen) atoms. The fraction of sp³-hybridized carbons (Fsp3) is 0.234. The number of thiocarbonyl (C=S) groups is 1. The first-order valence-electron chi connectivity index (χ1n) is 26.1. The Bertz CT molecular complexity index is 3340. The number of carbonyl (C=O) groups is 3. The molecule has 0 saturated heterocycles. The van der Waals surface area contributed by atoms with Crippen molar-refractivity contribution >= 4 is 94.1 Å². The van der Waals surface area contributed by atoms with Crippen molar-refractivity contribution in [2.24, 2.45) is 0 Å². The van der Waals surface area contributed by atoms with Gasteiger partial charge >= 0.3 is 25.7 Å². The third-order valence-corrected chi connectivity index (χ3v) is 13.5. The third kappa shape index (κ3) is 20.8. The number of thiophene rings is 1. The number of benzene rings is 2. The van der Waals surface area contributed by atoms with Crippen LogP contribution in [0.25, 0.3) is 68.3 Å². The molecule has 0 unspecified atom stereocenters. The number of hydrogen-bond donors (Lipinski definition) is 1. The summed E-state index contributed by atoms with van der Waals surface area (Å²) in [6.45, 7) is 16.4. The van der Waals surface area contributed by atoms with Gasteiger partial charge in [-0.25, -0.2) is 4.98 Å². The summed E-state index contributed by atoms with van der Waals surface area (Å²) < 4.78 is 53.0. The third-order valence-electron chi connectivity index (χ3n) is 12.3. The maximum atomic E-state index is 13.0. The monoisotopic (exact) mass is 1260 g/mol. The van der Waals surface area contributed by atoms with Gasteiger partial charge in [-0.05, 0) is 166 Å². The summed E-state index contributed by atoms with van der Waals surface area (Å²) in [7, 11) is 0. The number of nitrogens with zero attached hydrogens (tertiary/aromatic N) is 6. The number of halogens is 3. The van der Waals surface area contributed by atoms with Gasteiger partial charge in [0.05, 0.1) is 41.6 Å². The van der Waals surface area contributed by atoms with Crippen molar-refractivity contribution in [3.8, 4) is 33.2 Å². The van der Waals surface area contributed by atoms with Crippen molar-refractivity contribution in [1.29, 1.82) is 5.41 Å². The summed E-state index contributed by atoms with van der Waals surface area (Å²) in [5.41, 5.74) is 17.3. The number of pyridine rings is 4. The molecular formula is C64H63F3N8O6RuS2. The van der Waals surface area contributed by atoms with Crippen LogP contribution in [0.3, 0.4) is 0 Å². The molecule has 0 saturated carbocycles. The normalized spacial score (nSPS) is 11.6. The number of aryl methyl sites for hydroxylation is 1. The molecule has 0 aliphatic heterocycles. The number of carbonyl (C=O) groups excluding carboxylic acids is 3. The fourth-order valence-electron chi connectivity index (χ4n) is 8.08. The van der Waals surface area contributed by atoms with E-state index in [2.05, 4.69) is 154 Å². The molecule has 0 spiro atoms. The molecule has 0 bridgehead atoms. The van der Waals surface area contributed by atoms with Gasteiger partial charge in [0.25, 0.3) is 19.4 Å². The van der Waals surface area contributed by atoms with Crippen molar-refractivity contribution < 1.29 is 61.2 Å². The van der Waals surface area contributed by atoms with Gasteiger partial charge in [-0.3, -0.25) is 34.7 Å². The first-order chi connectivity index (χ1) is 39.6. The smallest absolute Gasteiger partial charge is 0.753 e. The number of allylic oxidation sites excluding steroid dienone is 1. The van der Waals surface area contributed by atoms with Crippen molar-refractivity contribution in [2.75, 3.05) is 4.90 Å². The number of ether oxygens (including phenoxy) is 3. The van der Waals surface area contributed by atoms with Crippen LogP contribution in [0.4, 0.5) is 29.5 Å². The number of aromatic nitrogens is 4. The van der Waals surface area contributed by atoms with E-state index in [1.807, 2.05) is 6.07 Å². The van der Waals surface area contributed by atoms with Gasteiger partial charge in [0, 0.05) is 40.5 Å². The van der Waals surface area contributed by atoms with E-state index in [-0.39, 0.29) is 36.0 Å². The fourth-order valence-corrected chi connectivity index (χ4v) is 9.33. The Morgan fingerprint density at radius 1 is 0.667 bits per heavy atom. The van der Waals surface area contributed by atoms with Crippen LogP contribution >= 0.6 is 23.6 Å². The Labute approximate surface area is 510 Å². The number of nitrogens with one attached hydrogen (secondary N) is 2. The van der Waals surface area contributed by atoms with Gasteiger partial charge in [-0.2, -0.15) is 18.3 Å². The molecule has 7 aromatic rings. The summed E-state index contributed by atoms with van der Waals surface area (Å²) in [6.07, 6.45) is 14.3. The zero-order valence-electron chi connectivity index (χ0n) is 47.3. The molecule has 0 amide bonds. The van der Waals surface area contributed by atoms with Gasteiger partial charge in [0.15, 0.2) is 0 Å². The summed E-state index contributed by atoms with van der Waals surface area (Å²) in [5, 5.41) is 16.8. The van der Waals surface area contributed by atoms with Crippen molar-refractivity contribution in [1.82, 2.24) is 19.9 Å². The first-order valence-corrected chi connectivity index (χ1v) is 27.3. The summed E-state index contributed by atoms with van der Waals surface area (Å²) in [4.78, 5) is 52.0. The molecule has 436 valence electrons. The number of unbranched alkanes of at least 4 members (excludes halogenated alkanes) is 3. The van der Waals surface area contributed by atoms with E-state index >= 15 is 0 Å². The molecular weight excluding hydrogens is 1200 g/mol. The van der Waals surface area contributed by atoms with Crippen molar-refractivity contribution in [3.63, 3.8) is 0 Å².